The highest BCUT2D eigenvalue weighted by Crippen LogP contribution is 2.29. The van der Waals surface area contributed by atoms with Gasteiger partial charge < -0.3 is 14.2 Å². The lowest BCUT2D eigenvalue weighted by atomic mass is 10.1. The van der Waals surface area contributed by atoms with E-state index in [9.17, 15) is 9.59 Å². The zero-order valence-corrected chi connectivity index (χ0v) is 14.7. The number of aromatic amines is 1. The van der Waals surface area contributed by atoms with Gasteiger partial charge in [-0.3, -0.25) is 9.36 Å². The molecule has 2 aromatic carbocycles. The van der Waals surface area contributed by atoms with Crippen LogP contribution >= 0.6 is 0 Å². The summed E-state index contributed by atoms with van der Waals surface area (Å²) >= 11 is 0. The van der Waals surface area contributed by atoms with Crippen LogP contribution in [-0.4, -0.2) is 26.8 Å². The van der Waals surface area contributed by atoms with Crippen molar-refractivity contribution in [2.45, 2.75) is 13.5 Å². The third kappa shape index (κ3) is 2.80. The van der Waals surface area contributed by atoms with Gasteiger partial charge in [0.2, 0.25) is 5.82 Å². The van der Waals surface area contributed by atoms with Gasteiger partial charge >= 0.3 is 5.69 Å². The topological polar surface area (TPSA) is 103 Å². The summed E-state index contributed by atoms with van der Waals surface area (Å²) < 4.78 is 11.8. The fourth-order valence-corrected chi connectivity index (χ4v) is 2.95. The molecule has 0 atom stereocenters. The van der Waals surface area contributed by atoms with E-state index in [1.165, 1.54) is 0 Å². The Hall–Kier alpha value is -3.68. The Bertz CT molecular complexity index is 1250. The minimum absolute atomic E-state index is 0.276. The minimum Gasteiger partial charge on any atom is -0.496 e. The molecule has 0 aliphatic heterocycles. The number of benzene rings is 2. The van der Waals surface area contributed by atoms with Crippen LogP contribution in [0.1, 0.15) is 6.92 Å². The minimum atomic E-state index is -0.451. The van der Waals surface area contributed by atoms with Gasteiger partial charge in [-0.05, 0) is 37.3 Å². The van der Waals surface area contributed by atoms with Gasteiger partial charge in [-0.25, -0.2) is 4.79 Å². The Morgan fingerprint density at radius 2 is 2.00 bits per heavy atom. The second kappa shape index (κ2) is 6.56. The quantitative estimate of drug-likeness (QED) is 0.597. The van der Waals surface area contributed by atoms with Crippen molar-refractivity contribution in [3.05, 3.63) is 63.3 Å². The number of rotatable bonds is 4. The van der Waals surface area contributed by atoms with Crippen LogP contribution < -0.4 is 16.0 Å². The van der Waals surface area contributed by atoms with Crippen LogP contribution in [0, 0.1) is 0 Å². The first-order chi connectivity index (χ1) is 13.1. The van der Waals surface area contributed by atoms with Crippen LogP contribution in [0.3, 0.4) is 0 Å². The number of nitrogens with one attached hydrogen (secondary N) is 1. The lowest BCUT2D eigenvalue weighted by Crippen LogP contribution is -2.34. The maximum Gasteiger partial charge on any atom is 0.328 e. The van der Waals surface area contributed by atoms with E-state index < -0.39 is 5.69 Å². The van der Waals surface area contributed by atoms with Gasteiger partial charge in [0.1, 0.15) is 5.75 Å². The summed E-state index contributed by atoms with van der Waals surface area (Å²) in [5.74, 6) is 1.29. The number of ether oxygens (including phenoxy) is 1. The van der Waals surface area contributed by atoms with Gasteiger partial charge in [0, 0.05) is 12.1 Å². The molecule has 0 aliphatic rings. The van der Waals surface area contributed by atoms with E-state index in [-0.39, 0.29) is 11.4 Å². The van der Waals surface area contributed by atoms with Crippen molar-refractivity contribution in [1.29, 1.82) is 0 Å². The lowest BCUT2D eigenvalue weighted by Gasteiger charge is -2.04. The predicted molar refractivity (Wildman–Crippen MR) is 99.8 cm³/mol. The zero-order valence-electron chi connectivity index (χ0n) is 14.7. The molecule has 1 N–H and O–H groups in total. The maximum absolute atomic E-state index is 12.4. The van der Waals surface area contributed by atoms with Gasteiger partial charge in [0.05, 0.1) is 23.6 Å². The molecule has 0 saturated heterocycles. The molecule has 0 saturated carbocycles. The first kappa shape index (κ1) is 16.8. The van der Waals surface area contributed by atoms with Crippen molar-refractivity contribution in [1.82, 2.24) is 19.7 Å². The van der Waals surface area contributed by atoms with E-state index in [2.05, 4.69) is 15.1 Å². The predicted octanol–water partition coefficient (Wildman–Crippen LogP) is 2.44. The number of aromatic nitrogens is 4. The highest BCUT2D eigenvalue weighted by molar-refractivity contribution is 5.82. The zero-order chi connectivity index (χ0) is 19.0. The number of methoxy groups -OCH3 is 1. The average Bonchev–Trinajstić information content (AvgIpc) is 3.18. The summed E-state index contributed by atoms with van der Waals surface area (Å²) in [6, 6.07) is 12.4. The number of H-pyrrole nitrogens is 1. The Morgan fingerprint density at radius 1 is 1.19 bits per heavy atom. The van der Waals surface area contributed by atoms with E-state index in [0.29, 0.717) is 40.1 Å². The van der Waals surface area contributed by atoms with Crippen LogP contribution in [0.25, 0.3) is 33.7 Å². The Balaban J connectivity index is 1.81. The molecule has 0 aliphatic carbocycles. The van der Waals surface area contributed by atoms with E-state index >= 15 is 0 Å². The fraction of sp³-hybridized carbons (Fsp3) is 0.158. The van der Waals surface area contributed by atoms with Crippen molar-refractivity contribution in [2.75, 3.05) is 7.11 Å². The smallest absolute Gasteiger partial charge is 0.328 e. The molecule has 8 heteroatoms. The van der Waals surface area contributed by atoms with Crippen molar-refractivity contribution in [3.8, 4) is 28.6 Å². The van der Waals surface area contributed by atoms with Crippen molar-refractivity contribution >= 4 is 10.9 Å². The monoisotopic (exact) mass is 364 g/mol. The van der Waals surface area contributed by atoms with Crippen molar-refractivity contribution in [2.24, 2.45) is 0 Å². The number of nitrogens with zero attached hydrogens (tertiary/aromatic N) is 3. The molecular weight excluding hydrogens is 348 g/mol. The van der Waals surface area contributed by atoms with Crippen LogP contribution in [-0.2, 0) is 6.54 Å². The summed E-state index contributed by atoms with van der Waals surface area (Å²) in [6.45, 7) is 2.05. The molecular formula is C19H16N4O4. The van der Waals surface area contributed by atoms with Crippen molar-refractivity contribution < 1.29 is 9.26 Å². The molecule has 8 nitrogen and oxygen atoms in total. The first-order valence-corrected chi connectivity index (χ1v) is 8.36. The van der Waals surface area contributed by atoms with Crippen LogP contribution in [0.15, 0.2) is 56.6 Å². The second-order valence-corrected chi connectivity index (χ2v) is 5.86. The molecule has 136 valence electrons. The Morgan fingerprint density at radius 3 is 2.78 bits per heavy atom. The molecule has 2 aromatic heterocycles. The van der Waals surface area contributed by atoms with Gasteiger partial charge in [-0.2, -0.15) is 4.98 Å². The largest absolute Gasteiger partial charge is 0.496 e. The first-order valence-electron chi connectivity index (χ1n) is 8.36. The molecule has 0 amide bonds. The second-order valence-electron chi connectivity index (χ2n) is 5.86. The van der Waals surface area contributed by atoms with Crippen LogP contribution in [0.4, 0.5) is 0 Å². The average molecular weight is 364 g/mol. The third-order valence-electron chi connectivity index (χ3n) is 4.32. The molecule has 0 fully saturated rings. The fourth-order valence-electron chi connectivity index (χ4n) is 2.95. The number of para-hydroxylation sites is 1. The molecule has 0 spiro atoms. The van der Waals surface area contributed by atoms with E-state index in [1.807, 2.05) is 24.3 Å². The van der Waals surface area contributed by atoms with Gasteiger partial charge in [-0.1, -0.05) is 17.3 Å². The number of fused-ring (bicyclic) bond motifs is 1. The summed E-state index contributed by atoms with van der Waals surface area (Å²) in [5, 5.41) is 4.43. The van der Waals surface area contributed by atoms with Crippen LogP contribution in [0.2, 0.25) is 0 Å². The van der Waals surface area contributed by atoms with Gasteiger partial charge in [0.15, 0.2) is 0 Å². The summed E-state index contributed by atoms with van der Waals surface area (Å²) in [7, 11) is 1.57. The standard InChI is InChI=1S/C19H16N4O4/c1-3-23-18(24)12-9-8-11(10-14(12)20-19(23)25)17-21-16(22-27-17)13-6-4-5-7-15(13)26-2/h4-10H,3H2,1-2H3,(H,20,25). The molecule has 27 heavy (non-hydrogen) atoms. The third-order valence-corrected chi connectivity index (χ3v) is 4.32. The normalized spacial score (nSPS) is 11.0. The molecule has 0 radical (unpaired) electrons. The highest BCUT2D eigenvalue weighted by Gasteiger charge is 2.15. The summed E-state index contributed by atoms with van der Waals surface area (Å²) in [5.41, 5.74) is 0.940. The van der Waals surface area contributed by atoms with E-state index in [1.54, 1.807) is 32.2 Å². The Labute approximate surface area is 153 Å². The highest BCUT2D eigenvalue weighted by atomic mass is 16.5. The number of hydrogen-bond acceptors (Lipinski definition) is 6. The van der Waals surface area contributed by atoms with E-state index in [4.69, 9.17) is 9.26 Å². The van der Waals surface area contributed by atoms with Crippen LogP contribution in [0.5, 0.6) is 5.75 Å². The van der Waals surface area contributed by atoms with Gasteiger partial charge in [-0.15, -0.1) is 0 Å². The van der Waals surface area contributed by atoms with E-state index in [0.717, 1.165) is 4.57 Å². The summed E-state index contributed by atoms with van der Waals surface area (Å²) in [4.78, 5) is 31.5. The molecule has 4 aromatic rings. The van der Waals surface area contributed by atoms with Crippen molar-refractivity contribution in [3.63, 3.8) is 0 Å². The SMILES string of the molecule is CCn1c(=O)[nH]c2cc(-c3nc(-c4ccccc4OC)no3)ccc2c1=O. The molecule has 2 heterocycles. The Kier molecular flexibility index (Phi) is 4.08. The summed E-state index contributed by atoms with van der Waals surface area (Å²) in [6.07, 6.45) is 0. The number of hydrogen-bond donors (Lipinski definition) is 1. The molecule has 0 bridgehead atoms. The van der Waals surface area contributed by atoms with Gasteiger partial charge in [0.25, 0.3) is 11.4 Å². The maximum atomic E-state index is 12.4. The molecule has 0 unspecified atom stereocenters. The molecule has 4 rings (SSSR count). The lowest BCUT2D eigenvalue weighted by molar-refractivity contribution is 0.413.